The monoisotopic (exact) mass is 443 g/mol. The third kappa shape index (κ3) is 15.6. The molecule has 2 amide bonds. The molecular weight excluding hydrogens is 398 g/mol. The van der Waals surface area contributed by atoms with E-state index in [0.717, 1.165) is 6.42 Å². The second kappa shape index (κ2) is 12.3. The van der Waals surface area contributed by atoms with Crippen LogP contribution in [0.2, 0.25) is 0 Å². The minimum Gasteiger partial charge on any atom is -0.458 e. The average Bonchev–Trinajstić information content (AvgIpc) is 2.53. The number of carbonyl (C=O) groups is 3. The van der Waals surface area contributed by atoms with E-state index in [4.69, 9.17) is 15.2 Å². The first kappa shape index (κ1) is 29.2. The second-order valence-corrected chi connectivity index (χ2v) is 11.2. The number of hydrogen-bond donors (Lipinski definition) is 3. The summed E-state index contributed by atoms with van der Waals surface area (Å²) in [4.78, 5) is 37.9. The number of urea groups is 1. The number of nitrogens with one attached hydrogen (secondary N) is 2. The number of rotatable bonds is 10. The molecule has 0 aromatic heterocycles. The highest BCUT2D eigenvalue weighted by atomic mass is 16.6. The maximum Gasteiger partial charge on any atom is 0.329 e. The zero-order chi connectivity index (χ0) is 24.5. The van der Waals surface area contributed by atoms with Crippen LogP contribution in [-0.4, -0.2) is 47.8 Å². The molecule has 0 rings (SSSR count). The SMILES string of the molecule is CC(C)(C)CC[C@H](NC(=O)N[C@@H](CCCCN)C(=O)OC(C)(C)C)C(=O)OC(C)(C)C. The van der Waals surface area contributed by atoms with Crippen LogP contribution >= 0.6 is 0 Å². The number of hydrogen-bond acceptors (Lipinski definition) is 6. The Labute approximate surface area is 188 Å². The maximum absolute atomic E-state index is 12.7. The van der Waals surface area contributed by atoms with Crippen molar-refractivity contribution in [3.63, 3.8) is 0 Å². The molecule has 0 spiro atoms. The van der Waals surface area contributed by atoms with Crippen LogP contribution in [0.3, 0.4) is 0 Å². The number of nitrogens with two attached hydrogens (primary N) is 1. The Morgan fingerprint density at radius 1 is 0.742 bits per heavy atom. The van der Waals surface area contributed by atoms with Crippen molar-refractivity contribution in [2.75, 3.05) is 6.54 Å². The third-order valence-electron chi connectivity index (χ3n) is 4.12. The molecule has 0 aliphatic heterocycles. The van der Waals surface area contributed by atoms with Crippen LogP contribution in [-0.2, 0) is 19.1 Å². The predicted molar refractivity (Wildman–Crippen MR) is 123 cm³/mol. The van der Waals surface area contributed by atoms with Crippen LogP contribution in [0.15, 0.2) is 0 Å². The van der Waals surface area contributed by atoms with Gasteiger partial charge in [-0.3, -0.25) is 0 Å². The molecule has 0 fully saturated rings. The van der Waals surface area contributed by atoms with Crippen LogP contribution < -0.4 is 16.4 Å². The van der Waals surface area contributed by atoms with E-state index in [1.54, 1.807) is 41.5 Å². The number of amides is 2. The first-order valence-electron chi connectivity index (χ1n) is 11.2. The molecule has 31 heavy (non-hydrogen) atoms. The molecule has 0 aliphatic rings. The Bertz CT molecular complexity index is 585. The van der Waals surface area contributed by atoms with Crippen molar-refractivity contribution >= 4 is 18.0 Å². The molecule has 0 heterocycles. The van der Waals surface area contributed by atoms with Gasteiger partial charge in [-0.2, -0.15) is 0 Å². The van der Waals surface area contributed by atoms with Gasteiger partial charge in [0.15, 0.2) is 0 Å². The minimum atomic E-state index is -0.826. The molecular formula is C23H45N3O5. The van der Waals surface area contributed by atoms with Gasteiger partial charge < -0.3 is 25.8 Å². The minimum absolute atomic E-state index is 0.0142. The highest BCUT2D eigenvalue weighted by Crippen LogP contribution is 2.22. The zero-order valence-corrected chi connectivity index (χ0v) is 21.0. The van der Waals surface area contributed by atoms with Gasteiger partial charge in [0.25, 0.3) is 0 Å². The Hall–Kier alpha value is -1.83. The average molecular weight is 444 g/mol. The van der Waals surface area contributed by atoms with E-state index in [2.05, 4.69) is 31.4 Å². The second-order valence-electron chi connectivity index (χ2n) is 11.2. The van der Waals surface area contributed by atoms with Crippen molar-refractivity contribution in [1.29, 1.82) is 0 Å². The summed E-state index contributed by atoms with van der Waals surface area (Å²) < 4.78 is 10.9. The standard InChI is InChI=1S/C23H45N3O5/c1-21(2,3)14-13-17(19(28)31-23(7,8)9)26-20(29)25-16(12-10-11-15-24)18(27)30-22(4,5)6/h16-17H,10-15,24H2,1-9H3,(H2,25,26,29)/t16-,17-/m0/s1. The summed E-state index contributed by atoms with van der Waals surface area (Å²) in [6, 6.07) is -2.25. The summed E-state index contributed by atoms with van der Waals surface area (Å²) in [5, 5.41) is 5.36. The number of unbranched alkanes of at least 4 members (excludes halogenated alkanes) is 1. The Morgan fingerprint density at radius 2 is 1.16 bits per heavy atom. The zero-order valence-electron chi connectivity index (χ0n) is 21.0. The van der Waals surface area contributed by atoms with E-state index in [1.165, 1.54) is 0 Å². The fourth-order valence-electron chi connectivity index (χ4n) is 2.67. The lowest BCUT2D eigenvalue weighted by Crippen LogP contribution is -2.53. The van der Waals surface area contributed by atoms with E-state index < -0.39 is 41.3 Å². The maximum atomic E-state index is 12.7. The van der Waals surface area contributed by atoms with Gasteiger partial charge in [-0.25, -0.2) is 14.4 Å². The lowest BCUT2D eigenvalue weighted by molar-refractivity contribution is -0.157. The molecule has 182 valence electrons. The quantitative estimate of drug-likeness (QED) is 0.350. The van der Waals surface area contributed by atoms with Gasteiger partial charge >= 0.3 is 18.0 Å². The van der Waals surface area contributed by atoms with Crippen LogP contribution in [0.5, 0.6) is 0 Å². The molecule has 0 saturated heterocycles. The summed E-state index contributed by atoms with van der Waals surface area (Å²) in [5.74, 6) is -1.01. The highest BCUT2D eigenvalue weighted by molar-refractivity contribution is 5.87. The van der Waals surface area contributed by atoms with Gasteiger partial charge in [0.1, 0.15) is 23.3 Å². The van der Waals surface area contributed by atoms with Crippen molar-refractivity contribution < 1.29 is 23.9 Å². The Morgan fingerprint density at radius 3 is 1.52 bits per heavy atom. The van der Waals surface area contributed by atoms with Crippen LogP contribution in [0.25, 0.3) is 0 Å². The van der Waals surface area contributed by atoms with Crippen molar-refractivity contribution in [2.45, 2.75) is 118 Å². The molecule has 0 saturated carbocycles. The molecule has 0 aliphatic carbocycles. The smallest absolute Gasteiger partial charge is 0.329 e. The van der Waals surface area contributed by atoms with E-state index >= 15 is 0 Å². The van der Waals surface area contributed by atoms with Gasteiger partial charge in [-0.05, 0) is 85.6 Å². The van der Waals surface area contributed by atoms with Crippen LogP contribution in [0, 0.1) is 5.41 Å². The van der Waals surface area contributed by atoms with Gasteiger partial charge in [0.2, 0.25) is 0 Å². The predicted octanol–water partition coefficient (Wildman–Crippen LogP) is 3.66. The first-order valence-corrected chi connectivity index (χ1v) is 11.2. The summed E-state index contributed by atoms with van der Waals surface area (Å²) >= 11 is 0. The van der Waals surface area contributed by atoms with Gasteiger partial charge in [0, 0.05) is 0 Å². The number of carbonyl (C=O) groups excluding carboxylic acids is 3. The van der Waals surface area contributed by atoms with Crippen molar-refractivity contribution in [1.82, 2.24) is 10.6 Å². The first-order chi connectivity index (χ1) is 13.9. The van der Waals surface area contributed by atoms with Crippen LogP contribution in [0.1, 0.15) is 94.4 Å². The number of esters is 2. The molecule has 0 aromatic rings. The molecule has 0 bridgehead atoms. The Kier molecular flexibility index (Phi) is 11.5. The normalized spacial score (nSPS) is 14.4. The molecule has 0 unspecified atom stereocenters. The summed E-state index contributed by atoms with van der Waals surface area (Å²) in [5.41, 5.74) is 4.19. The molecule has 2 atom stereocenters. The third-order valence-corrected chi connectivity index (χ3v) is 4.12. The van der Waals surface area contributed by atoms with Crippen molar-refractivity contribution in [3.05, 3.63) is 0 Å². The van der Waals surface area contributed by atoms with Gasteiger partial charge in [0.05, 0.1) is 0 Å². The summed E-state index contributed by atoms with van der Waals surface area (Å²) in [6.45, 7) is 17.3. The van der Waals surface area contributed by atoms with E-state index in [0.29, 0.717) is 32.2 Å². The Balaban J connectivity index is 5.28. The fourth-order valence-corrected chi connectivity index (χ4v) is 2.67. The van der Waals surface area contributed by atoms with Crippen LogP contribution in [0.4, 0.5) is 4.79 Å². The largest absolute Gasteiger partial charge is 0.458 e. The van der Waals surface area contributed by atoms with Gasteiger partial charge in [-0.1, -0.05) is 20.8 Å². The lowest BCUT2D eigenvalue weighted by Gasteiger charge is -2.28. The van der Waals surface area contributed by atoms with E-state index in [9.17, 15) is 14.4 Å². The highest BCUT2D eigenvalue weighted by Gasteiger charge is 2.31. The molecule has 0 aromatic carbocycles. The summed E-state index contributed by atoms with van der Waals surface area (Å²) in [7, 11) is 0. The van der Waals surface area contributed by atoms with Gasteiger partial charge in [-0.15, -0.1) is 0 Å². The topological polar surface area (TPSA) is 120 Å². The van der Waals surface area contributed by atoms with E-state index in [1.807, 2.05) is 0 Å². The molecule has 8 heteroatoms. The molecule has 8 nitrogen and oxygen atoms in total. The molecule has 0 radical (unpaired) electrons. The summed E-state index contributed by atoms with van der Waals surface area (Å²) in [6.07, 6.45) is 2.94. The molecule has 4 N–H and O–H groups in total. The van der Waals surface area contributed by atoms with E-state index in [-0.39, 0.29) is 5.41 Å². The lowest BCUT2D eigenvalue weighted by atomic mass is 9.88. The number of ether oxygens (including phenoxy) is 2. The fraction of sp³-hybridized carbons (Fsp3) is 0.870. The van der Waals surface area contributed by atoms with Crippen molar-refractivity contribution in [2.24, 2.45) is 11.1 Å². The van der Waals surface area contributed by atoms with Crippen molar-refractivity contribution in [3.8, 4) is 0 Å².